The van der Waals surface area contributed by atoms with Gasteiger partial charge in [0, 0.05) is 11.7 Å². The molecule has 0 atom stereocenters. The third-order valence-electron chi connectivity index (χ3n) is 3.84. The number of aliphatic hydroxyl groups excluding tert-OH is 1. The summed E-state index contributed by atoms with van der Waals surface area (Å²) in [4.78, 5) is 11.9. The third-order valence-corrected chi connectivity index (χ3v) is 4.45. The van der Waals surface area contributed by atoms with E-state index in [-0.39, 0.29) is 18.2 Å². The number of anilines is 1. The van der Waals surface area contributed by atoms with E-state index < -0.39 is 0 Å². The first-order valence-electron chi connectivity index (χ1n) is 7.51. The Morgan fingerprint density at radius 1 is 1.24 bits per heavy atom. The number of rotatable bonds is 5. The fourth-order valence-corrected chi connectivity index (χ4v) is 2.99. The quantitative estimate of drug-likeness (QED) is 0.783. The molecule has 0 aromatic heterocycles. The molecule has 0 unspecified atom stereocenters. The van der Waals surface area contributed by atoms with Crippen molar-refractivity contribution in [1.29, 1.82) is 0 Å². The molecule has 1 aliphatic rings. The first-order valence-corrected chi connectivity index (χ1v) is 8.90. The maximum Gasteiger partial charge on any atom is 0.319 e. The van der Waals surface area contributed by atoms with Crippen LogP contribution >= 0.6 is 11.8 Å². The lowest BCUT2D eigenvalue weighted by Crippen LogP contribution is -2.40. The molecule has 2 rings (SSSR count). The van der Waals surface area contributed by atoms with Gasteiger partial charge in [0.05, 0.1) is 6.10 Å². The highest BCUT2D eigenvalue weighted by molar-refractivity contribution is 7.98. The molecule has 0 saturated heterocycles. The lowest BCUT2D eigenvalue weighted by molar-refractivity contribution is 0.118. The zero-order chi connectivity index (χ0) is 15.1. The van der Waals surface area contributed by atoms with E-state index in [1.165, 1.54) is 5.56 Å². The molecule has 0 spiro atoms. The van der Waals surface area contributed by atoms with Crippen LogP contribution in [0, 0.1) is 0 Å². The predicted octanol–water partition coefficient (Wildman–Crippen LogP) is 3.02. The number of amides is 2. The highest BCUT2D eigenvalue weighted by Gasteiger charge is 2.20. The third kappa shape index (κ3) is 5.59. The van der Waals surface area contributed by atoms with Crippen LogP contribution in [0.1, 0.15) is 31.2 Å². The second-order valence-electron chi connectivity index (χ2n) is 5.54. The number of hydrogen-bond acceptors (Lipinski definition) is 3. The van der Waals surface area contributed by atoms with Crippen LogP contribution < -0.4 is 10.6 Å². The first-order chi connectivity index (χ1) is 10.2. The maximum absolute atomic E-state index is 11.9. The van der Waals surface area contributed by atoms with Crippen LogP contribution in [-0.4, -0.2) is 35.3 Å². The number of carbonyl (C=O) groups excluding carboxylic acids is 1. The average molecular weight is 308 g/mol. The van der Waals surface area contributed by atoms with Gasteiger partial charge in [0.1, 0.15) is 0 Å². The molecule has 3 N–H and O–H groups in total. The van der Waals surface area contributed by atoms with Gasteiger partial charge in [-0.2, -0.15) is 11.8 Å². The van der Waals surface area contributed by atoms with Crippen molar-refractivity contribution in [1.82, 2.24) is 5.32 Å². The van der Waals surface area contributed by atoms with Gasteiger partial charge >= 0.3 is 6.03 Å². The molecule has 1 aromatic carbocycles. The minimum absolute atomic E-state index is 0.159. The van der Waals surface area contributed by atoms with Gasteiger partial charge < -0.3 is 15.7 Å². The van der Waals surface area contributed by atoms with Gasteiger partial charge in [-0.3, -0.25) is 0 Å². The van der Waals surface area contributed by atoms with Crippen molar-refractivity contribution in [2.24, 2.45) is 0 Å². The van der Waals surface area contributed by atoms with Gasteiger partial charge in [-0.15, -0.1) is 0 Å². The number of hydrogen-bond donors (Lipinski definition) is 3. The van der Waals surface area contributed by atoms with Crippen LogP contribution in [0.25, 0.3) is 0 Å². The van der Waals surface area contributed by atoms with Gasteiger partial charge in [0.15, 0.2) is 0 Å². The Hall–Kier alpha value is -1.20. The molecule has 1 fully saturated rings. The highest BCUT2D eigenvalue weighted by Crippen LogP contribution is 2.18. The zero-order valence-corrected chi connectivity index (χ0v) is 13.3. The largest absolute Gasteiger partial charge is 0.393 e. The molecule has 0 heterocycles. The minimum atomic E-state index is -0.195. The fraction of sp³-hybridized carbons (Fsp3) is 0.562. The Morgan fingerprint density at radius 3 is 2.52 bits per heavy atom. The Kier molecular flexibility index (Phi) is 6.39. The molecule has 2 amide bonds. The molecule has 0 radical (unpaired) electrons. The van der Waals surface area contributed by atoms with Crippen LogP contribution in [0.5, 0.6) is 0 Å². The first kappa shape index (κ1) is 16.2. The smallest absolute Gasteiger partial charge is 0.319 e. The molecule has 116 valence electrons. The van der Waals surface area contributed by atoms with E-state index in [2.05, 4.69) is 29.0 Å². The minimum Gasteiger partial charge on any atom is -0.393 e. The fourth-order valence-electron chi connectivity index (χ4n) is 2.55. The van der Waals surface area contributed by atoms with Crippen LogP contribution in [0.2, 0.25) is 0 Å². The van der Waals surface area contributed by atoms with E-state index >= 15 is 0 Å². The number of aryl methyl sites for hydroxylation is 1. The highest BCUT2D eigenvalue weighted by atomic mass is 32.2. The van der Waals surface area contributed by atoms with E-state index in [4.69, 9.17) is 0 Å². The summed E-state index contributed by atoms with van der Waals surface area (Å²) in [6.45, 7) is 0. The maximum atomic E-state index is 11.9. The summed E-state index contributed by atoms with van der Waals surface area (Å²) in [5, 5.41) is 15.3. The molecule has 21 heavy (non-hydrogen) atoms. The number of thioether (sulfide) groups is 1. The molecular formula is C16H24N2O2S. The van der Waals surface area contributed by atoms with Gasteiger partial charge in [-0.25, -0.2) is 4.79 Å². The number of urea groups is 1. The molecule has 1 aliphatic carbocycles. The summed E-state index contributed by atoms with van der Waals surface area (Å²) in [6, 6.07) is 8.02. The molecule has 5 heteroatoms. The Morgan fingerprint density at radius 2 is 1.90 bits per heavy atom. The van der Waals surface area contributed by atoms with Crippen molar-refractivity contribution in [3.05, 3.63) is 29.8 Å². The molecule has 1 saturated carbocycles. The summed E-state index contributed by atoms with van der Waals surface area (Å²) in [7, 11) is 0. The summed E-state index contributed by atoms with van der Waals surface area (Å²) in [6.07, 6.45) is 6.21. The second kappa shape index (κ2) is 8.29. The van der Waals surface area contributed by atoms with Crippen LogP contribution in [-0.2, 0) is 6.42 Å². The SMILES string of the molecule is CSCCc1ccc(NC(=O)NC2CCC(O)CC2)cc1. The molecule has 4 nitrogen and oxygen atoms in total. The Labute approximate surface area is 130 Å². The molecule has 1 aromatic rings. The number of nitrogens with one attached hydrogen (secondary N) is 2. The zero-order valence-electron chi connectivity index (χ0n) is 12.5. The lowest BCUT2D eigenvalue weighted by Gasteiger charge is -2.26. The van der Waals surface area contributed by atoms with Gasteiger partial charge in [0.2, 0.25) is 0 Å². The molecular weight excluding hydrogens is 284 g/mol. The topological polar surface area (TPSA) is 61.4 Å². The monoisotopic (exact) mass is 308 g/mol. The predicted molar refractivity (Wildman–Crippen MR) is 88.9 cm³/mol. The lowest BCUT2D eigenvalue weighted by atomic mass is 9.93. The van der Waals surface area contributed by atoms with E-state index in [1.807, 2.05) is 23.9 Å². The molecule has 0 aliphatic heterocycles. The van der Waals surface area contributed by atoms with Crippen molar-refractivity contribution < 1.29 is 9.90 Å². The number of carbonyl (C=O) groups is 1. The van der Waals surface area contributed by atoms with Crippen LogP contribution in [0.4, 0.5) is 10.5 Å². The summed E-state index contributed by atoms with van der Waals surface area (Å²) in [5.74, 6) is 1.11. The van der Waals surface area contributed by atoms with Crippen molar-refractivity contribution in [3.8, 4) is 0 Å². The number of aliphatic hydroxyl groups is 1. The van der Waals surface area contributed by atoms with Crippen molar-refractivity contribution in [3.63, 3.8) is 0 Å². The van der Waals surface area contributed by atoms with Gasteiger partial charge in [-0.05, 0) is 61.8 Å². The Bertz CT molecular complexity index is 442. The van der Waals surface area contributed by atoms with Crippen molar-refractivity contribution >= 4 is 23.5 Å². The van der Waals surface area contributed by atoms with Gasteiger partial charge in [-0.1, -0.05) is 12.1 Å². The van der Waals surface area contributed by atoms with E-state index in [1.54, 1.807) is 0 Å². The van der Waals surface area contributed by atoms with Crippen LogP contribution in [0.3, 0.4) is 0 Å². The standard InChI is InChI=1S/C16H24N2O2S/c1-21-11-10-12-2-4-13(5-3-12)17-16(20)18-14-6-8-15(19)9-7-14/h2-5,14-15,19H,6-11H2,1H3,(H2,17,18,20). The average Bonchev–Trinajstić information content (AvgIpc) is 2.49. The van der Waals surface area contributed by atoms with Crippen molar-refractivity contribution in [2.75, 3.05) is 17.3 Å². The van der Waals surface area contributed by atoms with Gasteiger partial charge in [0.25, 0.3) is 0 Å². The second-order valence-corrected chi connectivity index (χ2v) is 6.53. The van der Waals surface area contributed by atoms with E-state index in [0.29, 0.717) is 0 Å². The molecule has 0 bridgehead atoms. The normalized spacial score (nSPS) is 21.8. The number of benzene rings is 1. The summed E-state index contributed by atoms with van der Waals surface area (Å²) >= 11 is 1.83. The van der Waals surface area contributed by atoms with Crippen molar-refractivity contribution in [2.45, 2.75) is 44.2 Å². The van der Waals surface area contributed by atoms with Crippen LogP contribution in [0.15, 0.2) is 24.3 Å². The van der Waals surface area contributed by atoms with E-state index in [9.17, 15) is 9.90 Å². The summed E-state index contributed by atoms with van der Waals surface area (Å²) in [5.41, 5.74) is 2.10. The Balaban J connectivity index is 1.77. The summed E-state index contributed by atoms with van der Waals surface area (Å²) < 4.78 is 0. The van der Waals surface area contributed by atoms with E-state index in [0.717, 1.165) is 43.5 Å².